The standard InChI is InChI=1S/C21H24ClNO4/c1-25-13-14-27-19-8-7-17(15-18(19)22)23-20(24)21(9-11-26-12-10-21)16-5-3-2-4-6-16/h2-8,15H,9-14H2,1H3,(H,23,24). The summed E-state index contributed by atoms with van der Waals surface area (Å²) in [7, 11) is 1.61. The summed E-state index contributed by atoms with van der Waals surface area (Å²) in [6.45, 7) is 2.03. The number of nitrogens with one attached hydrogen (secondary N) is 1. The molecule has 0 unspecified atom stereocenters. The number of methoxy groups -OCH3 is 1. The Labute approximate surface area is 164 Å². The number of hydrogen-bond acceptors (Lipinski definition) is 4. The molecule has 6 heteroatoms. The van der Waals surface area contributed by atoms with Gasteiger partial charge in [0.2, 0.25) is 5.91 Å². The average Bonchev–Trinajstić information content (AvgIpc) is 2.71. The SMILES string of the molecule is COCCOc1ccc(NC(=O)C2(c3ccccc3)CCOCC2)cc1Cl. The zero-order chi connectivity index (χ0) is 19.1. The maximum atomic E-state index is 13.2. The smallest absolute Gasteiger partial charge is 0.235 e. The zero-order valence-electron chi connectivity index (χ0n) is 15.4. The first kappa shape index (κ1) is 19.7. The quantitative estimate of drug-likeness (QED) is 0.726. The minimum absolute atomic E-state index is 0.0406. The molecule has 0 aromatic heterocycles. The molecule has 0 spiro atoms. The summed E-state index contributed by atoms with van der Waals surface area (Å²) in [5, 5.41) is 3.48. The van der Waals surface area contributed by atoms with Crippen molar-refractivity contribution in [2.24, 2.45) is 0 Å². The first-order valence-corrected chi connectivity index (χ1v) is 9.39. The highest BCUT2D eigenvalue weighted by molar-refractivity contribution is 6.32. The zero-order valence-corrected chi connectivity index (χ0v) is 16.1. The van der Waals surface area contributed by atoms with Crippen LogP contribution in [0.4, 0.5) is 5.69 Å². The van der Waals surface area contributed by atoms with Crippen LogP contribution in [-0.4, -0.2) is 39.4 Å². The van der Waals surface area contributed by atoms with Crippen LogP contribution in [0, 0.1) is 0 Å². The third-order valence-electron chi connectivity index (χ3n) is 4.84. The van der Waals surface area contributed by atoms with Gasteiger partial charge in [0.25, 0.3) is 0 Å². The van der Waals surface area contributed by atoms with E-state index >= 15 is 0 Å². The molecule has 2 aromatic carbocycles. The van der Waals surface area contributed by atoms with E-state index in [0.717, 1.165) is 5.56 Å². The molecule has 1 fully saturated rings. The molecule has 1 saturated heterocycles. The van der Waals surface area contributed by atoms with Crippen molar-refractivity contribution in [3.63, 3.8) is 0 Å². The van der Waals surface area contributed by atoms with E-state index in [-0.39, 0.29) is 5.91 Å². The van der Waals surface area contributed by atoms with Crippen LogP contribution in [0.3, 0.4) is 0 Å². The van der Waals surface area contributed by atoms with Crippen LogP contribution < -0.4 is 10.1 Å². The summed E-state index contributed by atoms with van der Waals surface area (Å²) in [4.78, 5) is 13.2. The van der Waals surface area contributed by atoms with Gasteiger partial charge >= 0.3 is 0 Å². The number of amides is 1. The molecule has 3 rings (SSSR count). The van der Waals surface area contributed by atoms with Crippen molar-refractivity contribution in [3.8, 4) is 5.75 Å². The number of ether oxygens (including phenoxy) is 3. The number of anilines is 1. The van der Waals surface area contributed by atoms with Gasteiger partial charge in [-0.25, -0.2) is 0 Å². The van der Waals surface area contributed by atoms with Crippen molar-refractivity contribution in [1.82, 2.24) is 0 Å². The fraction of sp³-hybridized carbons (Fsp3) is 0.381. The Morgan fingerprint density at radius 2 is 1.89 bits per heavy atom. The Bertz CT molecular complexity index is 760. The molecule has 0 radical (unpaired) electrons. The van der Waals surface area contributed by atoms with Gasteiger partial charge in [-0.1, -0.05) is 41.9 Å². The lowest BCUT2D eigenvalue weighted by atomic mass is 9.73. The van der Waals surface area contributed by atoms with E-state index in [2.05, 4.69) is 5.32 Å². The van der Waals surface area contributed by atoms with Crippen LogP contribution in [0.15, 0.2) is 48.5 Å². The van der Waals surface area contributed by atoms with Gasteiger partial charge < -0.3 is 19.5 Å². The highest BCUT2D eigenvalue weighted by atomic mass is 35.5. The van der Waals surface area contributed by atoms with Crippen molar-refractivity contribution in [3.05, 3.63) is 59.1 Å². The summed E-state index contributed by atoms with van der Waals surface area (Å²) in [6.07, 6.45) is 1.30. The van der Waals surface area contributed by atoms with E-state index in [9.17, 15) is 4.79 Å². The van der Waals surface area contributed by atoms with E-state index in [1.165, 1.54) is 0 Å². The summed E-state index contributed by atoms with van der Waals surface area (Å²) in [6, 6.07) is 15.1. The Balaban J connectivity index is 1.77. The van der Waals surface area contributed by atoms with Gasteiger partial charge in [0.1, 0.15) is 12.4 Å². The lowest BCUT2D eigenvalue weighted by Gasteiger charge is -2.36. The van der Waals surface area contributed by atoms with Crippen molar-refractivity contribution >= 4 is 23.2 Å². The van der Waals surface area contributed by atoms with Crippen LogP contribution >= 0.6 is 11.6 Å². The summed E-state index contributed by atoms with van der Waals surface area (Å²) in [5.41, 5.74) is 1.06. The molecule has 0 atom stereocenters. The third-order valence-corrected chi connectivity index (χ3v) is 5.14. The van der Waals surface area contributed by atoms with Gasteiger partial charge in [-0.2, -0.15) is 0 Å². The predicted octanol–water partition coefficient (Wildman–Crippen LogP) is 4.05. The number of carbonyl (C=O) groups is 1. The van der Waals surface area contributed by atoms with Gasteiger partial charge in [-0.05, 0) is 36.6 Å². The second-order valence-corrected chi connectivity index (χ2v) is 6.91. The topological polar surface area (TPSA) is 56.8 Å². The number of carbonyl (C=O) groups excluding carboxylic acids is 1. The predicted molar refractivity (Wildman–Crippen MR) is 106 cm³/mol. The summed E-state index contributed by atoms with van der Waals surface area (Å²) >= 11 is 6.29. The van der Waals surface area contributed by atoms with Crippen molar-refractivity contribution in [2.45, 2.75) is 18.3 Å². The maximum absolute atomic E-state index is 13.2. The average molecular weight is 390 g/mol. The molecule has 1 heterocycles. The summed E-state index contributed by atoms with van der Waals surface area (Å²) < 4.78 is 16.0. The van der Waals surface area contributed by atoms with Gasteiger partial charge in [0.05, 0.1) is 17.0 Å². The Morgan fingerprint density at radius 3 is 2.56 bits per heavy atom. The van der Waals surface area contributed by atoms with Gasteiger partial charge in [0.15, 0.2) is 0 Å². The number of benzene rings is 2. The van der Waals surface area contributed by atoms with Crippen LogP contribution in [0.1, 0.15) is 18.4 Å². The Hall–Kier alpha value is -2.08. The van der Waals surface area contributed by atoms with Crippen LogP contribution in [0.5, 0.6) is 5.75 Å². The van der Waals surface area contributed by atoms with Crippen molar-refractivity contribution in [1.29, 1.82) is 0 Å². The Kier molecular flexibility index (Phi) is 6.72. The minimum Gasteiger partial charge on any atom is -0.490 e. The molecule has 0 aliphatic carbocycles. The molecule has 144 valence electrons. The lowest BCUT2D eigenvalue weighted by molar-refractivity contribution is -0.125. The molecule has 1 N–H and O–H groups in total. The van der Waals surface area contributed by atoms with Gasteiger partial charge in [-0.3, -0.25) is 4.79 Å². The molecule has 1 aliphatic rings. The largest absolute Gasteiger partial charge is 0.490 e. The molecule has 2 aromatic rings. The fourth-order valence-corrected chi connectivity index (χ4v) is 3.54. The van der Waals surface area contributed by atoms with Gasteiger partial charge in [0, 0.05) is 26.0 Å². The highest BCUT2D eigenvalue weighted by Gasteiger charge is 2.41. The monoisotopic (exact) mass is 389 g/mol. The first-order chi connectivity index (χ1) is 13.2. The van der Waals surface area contributed by atoms with Gasteiger partial charge in [-0.15, -0.1) is 0 Å². The molecule has 5 nitrogen and oxygen atoms in total. The van der Waals surface area contributed by atoms with E-state index in [0.29, 0.717) is 55.7 Å². The molecule has 27 heavy (non-hydrogen) atoms. The van der Waals surface area contributed by atoms with Crippen LogP contribution in [0.2, 0.25) is 5.02 Å². The third kappa shape index (κ3) is 4.61. The Morgan fingerprint density at radius 1 is 1.15 bits per heavy atom. The minimum atomic E-state index is -0.598. The number of hydrogen-bond donors (Lipinski definition) is 1. The fourth-order valence-electron chi connectivity index (χ4n) is 3.31. The first-order valence-electron chi connectivity index (χ1n) is 9.02. The second kappa shape index (κ2) is 9.22. The highest BCUT2D eigenvalue weighted by Crippen LogP contribution is 2.36. The van der Waals surface area contributed by atoms with E-state index < -0.39 is 5.41 Å². The molecular formula is C21H24ClNO4. The van der Waals surface area contributed by atoms with Crippen molar-refractivity contribution < 1.29 is 19.0 Å². The van der Waals surface area contributed by atoms with Crippen LogP contribution in [-0.2, 0) is 19.7 Å². The summed E-state index contributed by atoms with van der Waals surface area (Å²) in [5.74, 6) is 0.525. The number of rotatable bonds is 7. The molecule has 0 saturated carbocycles. The molecule has 1 aliphatic heterocycles. The molecular weight excluding hydrogens is 366 g/mol. The molecule has 0 bridgehead atoms. The normalized spacial score (nSPS) is 15.9. The van der Waals surface area contributed by atoms with E-state index in [1.54, 1.807) is 25.3 Å². The van der Waals surface area contributed by atoms with E-state index in [4.69, 9.17) is 25.8 Å². The van der Waals surface area contributed by atoms with Crippen molar-refractivity contribution in [2.75, 3.05) is 38.9 Å². The number of halogens is 1. The maximum Gasteiger partial charge on any atom is 0.235 e. The van der Waals surface area contributed by atoms with E-state index in [1.807, 2.05) is 30.3 Å². The lowest BCUT2D eigenvalue weighted by Crippen LogP contribution is -2.44. The molecule has 1 amide bonds. The second-order valence-electron chi connectivity index (χ2n) is 6.50. The van der Waals surface area contributed by atoms with Crippen LogP contribution in [0.25, 0.3) is 0 Å².